The lowest BCUT2D eigenvalue weighted by Crippen LogP contribution is -2.45. The van der Waals surface area contributed by atoms with Gasteiger partial charge in [-0.3, -0.25) is 25.7 Å². The normalized spacial score (nSPS) is 17.6. The smallest absolute Gasteiger partial charge is 0.301 e. The van der Waals surface area contributed by atoms with Gasteiger partial charge >= 0.3 is 5.69 Å². The van der Waals surface area contributed by atoms with Crippen molar-refractivity contribution in [2.45, 2.75) is 45.6 Å². The summed E-state index contributed by atoms with van der Waals surface area (Å²) in [4.78, 5) is 23.1. The minimum atomic E-state index is -0.672. The van der Waals surface area contributed by atoms with Crippen LogP contribution >= 0.6 is 0 Å². The number of nitrogens with one attached hydrogen (secondary N) is 1. The molecule has 0 bridgehead atoms. The van der Waals surface area contributed by atoms with Crippen LogP contribution in [0.2, 0.25) is 0 Å². The molecule has 9 nitrogen and oxygen atoms in total. The van der Waals surface area contributed by atoms with Gasteiger partial charge in [0.05, 0.1) is 22.1 Å². The van der Waals surface area contributed by atoms with Gasteiger partial charge in [-0.15, -0.1) is 0 Å². The number of benzene rings is 2. The average Bonchev–Trinajstić information content (AvgIpc) is 2.66. The van der Waals surface area contributed by atoms with E-state index in [9.17, 15) is 20.2 Å². The summed E-state index contributed by atoms with van der Waals surface area (Å²) >= 11 is 0. The third kappa shape index (κ3) is 3.96. The van der Waals surface area contributed by atoms with Gasteiger partial charge in [-0.05, 0) is 68.0 Å². The van der Waals surface area contributed by atoms with Gasteiger partial charge in [0.15, 0.2) is 0 Å². The van der Waals surface area contributed by atoms with Gasteiger partial charge < -0.3 is 4.90 Å². The molecule has 1 aliphatic rings. The molecular formula is C21H25N5O4. The van der Waals surface area contributed by atoms with E-state index < -0.39 is 15.5 Å². The molecule has 0 fully saturated rings. The molecular weight excluding hydrogens is 386 g/mol. The Morgan fingerprint density at radius 3 is 2.53 bits per heavy atom. The number of non-ortho nitro benzene ring substituents is 1. The highest BCUT2D eigenvalue weighted by Gasteiger charge is 2.34. The van der Waals surface area contributed by atoms with Crippen LogP contribution in [-0.4, -0.2) is 28.6 Å². The maximum Gasteiger partial charge on any atom is 0.301 e. The van der Waals surface area contributed by atoms with Crippen molar-refractivity contribution >= 4 is 29.0 Å². The Morgan fingerprint density at radius 2 is 1.90 bits per heavy atom. The second kappa shape index (κ2) is 7.74. The molecule has 1 aliphatic heterocycles. The molecule has 1 unspecified atom stereocenters. The Hall–Kier alpha value is -3.49. The van der Waals surface area contributed by atoms with Crippen molar-refractivity contribution in [3.05, 3.63) is 67.3 Å². The van der Waals surface area contributed by atoms with Crippen molar-refractivity contribution in [1.82, 2.24) is 0 Å². The van der Waals surface area contributed by atoms with Crippen LogP contribution < -0.4 is 10.3 Å². The van der Waals surface area contributed by atoms with E-state index in [2.05, 4.69) is 55.4 Å². The highest BCUT2D eigenvalue weighted by Crippen LogP contribution is 2.43. The van der Waals surface area contributed by atoms with E-state index in [-0.39, 0.29) is 16.9 Å². The van der Waals surface area contributed by atoms with Crippen LogP contribution in [0.3, 0.4) is 0 Å². The summed E-state index contributed by atoms with van der Waals surface area (Å²) < 4.78 is 0. The van der Waals surface area contributed by atoms with Crippen LogP contribution in [0.1, 0.15) is 49.8 Å². The molecule has 0 amide bonds. The average molecular weight is 411 g/mol. The number of hydrogen-bond donors (Lipinski definition) is 1. The van der Waals surface area contributed by atoms with E-state index in [0.717, 1.165) is 23.6 Å². The number of nitro groups is 2. The van der Waals surface area contributed by atoms with E-state index in [0.29, 0.717) is 5.92 Å². The molecule has 1 N–H and O–H groups in total. The number of hydrazone groups is 1. The van der Waals surface area contributed by atoms with Crippen molar-refractivity contribution in [2.75, 3.05) is 17.4 Å². The molecule has 0 aromatic heterocycles. The van der Waals surface area contributed by atoms with E-state index >= 15 is 0 Å². The molecule has 0 saturated carbocycles. The summed E-state index contributed by atoms with van der Waals surface area (Å²) in [6, 6.07) is 7.65. The Morgan fingerprint density at radius 1 is 1.20 bits per heavy atom. The van der Waals surface area contributed by atoms with Crippen LogP contribution in [0.5, 0.6) is 0 Å². The van der Waals surface area contributed by atoms with Crippen molar-refractivity contribution in [1.29, 1.82) is 0 Å². The van der Waals surface area contributed by atoms with Crippen LogP contribution in [-0.2, 0) is 0 Å². The van der Waals surface area contributed by atoms with Crippen LogP contribution in [0.15, 0.2) is 35.4 Å². The summed E-state index contributed by atoms with van der Waals surface area (Å²) in [5.41, 5.74) is 6.45. The third-order valence-corrected chi connectivity index (χ3v) is 5.80. The minimum Gasteiger partial charge on any atom is -0.369 e. The second-order valence-electron chi connectivity index (χ2n) is 8.33. The van der Waals surface area contributed by atoms with Crippen LogP contribution in [0, 0.1) is 27.2 Å². The Labute approximate surface area is 174 Å². The predicted molar refractivity (Wildman–Crippen MR) is 118 cm³/mol. The number of nitrogens with zero attached hydrogens (tertiary/aromatic N) is 4. The van der Waals surface area contributed by atoms with Crippen LogP contribution in [0.25, 0.3) is 0 Å². The van der Waals surface area contributed by atoms with Crippen molar-refractivity contribution < 1.29 is 9.85 Å². The number of nitro benzene ring substituents is 2. The third-order valence-electron chi connectivity index (χ3n) is 5.80. The lowest BCUT2D eigenvalue weighted by Gasteiger charge is -2.45. The molecule has 158 valence electrons. The zero-order valence-electron chi connectivity index (χ0n) is 17.7. The maximum atomic E-state index is 11.3. The monoisotopic (exact) mass is 411 g/mol. The van der Waals surface area contributed by atoms with Gasteiger partial charge in [-0.2, -0.15) is 5.10 Å². The van der Waals surface area contributed by atoms with Crippen molar-refractivity contribution in [3.8, 4) is 0 Å². The Balaban J connectivity index is 1.89. The molecule has 1 atom stereocenters. The first kappa shape index (κ1) is 21.2. The standard InChI is InChI=1S/C21H25N5O4/c1-13-8-19-17(14(2)11-21(3,4)24(19)5)9-15(13)12-22-23-18-7-6-16(25(27)28)10-20(18)26(29)30/h6-10,12,14,23H,11H2,1-5H3/b22-12+. The van der Waals surface area contributed by atoms with Gasteiger partial charge in [0.2, 0.25) is 0 Å². The first-order chi connectivity index (χ1) is 14.0. The van der Waals surface area contributed by atoms with Gasteiger partial charge in [-0.1, -0.05) is 6.92 Å². The summed E-state index contributed by atoms with van der Waals surface area (Å²) in [7, 11) is 2.10. The fourth-order valence-electron chi connectivity index (χ4n) is 3.92. The van der Waals surface area contributed by atoms with Crippen molar-refractivity contribution in [2.24, 2.45) is 5.10 Å². The zero-order chi connectivity index (χ0) is 22.2. The zero-order valence-corrected chi connectivity index (χ0v) is 17.7. The lowest BCUT2D eigenvalue weighted by molar-refractivity contribution is -0.393. The van der Waals surface area contributed by atoms with E-state index in [1.165, 1.54) is 23.4 Å². The van der Waals surface area contributed by atoms with Crippen molar-refractivity contribution in [3.63, 3.8) is 0 Å². The molecule has 0 radical (unpaired) electrons. The molecule has 30 heavy (non-hydrogen) atoms. The minimum absolute atomic E-state index is 0.0743. The maximum absolute atomic E-state index is 11.3. The van der Waals surface area contributed by atoms with E-state index in [1.807, 2.05) is 6.92 Å². The van der Waals surface area contributed by atoms with Gasteiger partial charge in [0.1, 0.15) is 5.69 Å². The van der Waals surface area contributed by atoms with Gasteiger partial charge in [0, 0.05) is 24.3 Å². The molecule has 0 saturated heterocycles. The summed E-state index contributed by atoms with van der Waals surface area (Å²) in [5, 5.41) is 26.3. The largest absolute Gasteiger partial charge is 0.369 e. The number of anilines is 2. The topological polar surface area (TPSA) is 114 Å². The Kier molecular flexibility index (Phi) is 5.47. The number of hydrogen-bond acceptors (Lipinski definition) is 7. The first-order valence-corrected chi connectivity index (χ1v) is 9.61. The highest BCUT2D eigenvalue weighted by molar-refractivity contribution is 5.85. The summed E-state index contributed by atoms with van der Waals surface area (Å²) in [5.74, 6) is 0.391. The SMILES string of the molecule is Cc1cc2c(cc1/C=N/Nc1ccc([N+](=O)[O-])cc1[N+](=O)[O-])C(C)CC(C)(C)N2C. The van der Waals surface area contributed by atoms with Gasteiger partial charge in [0.25, 0.3) is 5.69 Å². The number of rotatable bonds is 5. The molecule has 0 aliphatic carbocycles. The molecule has 0 spiro atoms. The number of fused-ring (bicyclic) bond motifs is 1. The predicted octanol–water partition coefficient (Wildman–Crippen LogP) is 4.98. The summed E-state index contributed by atoms with van der Waals surface area (Å²) in [6.45, 7) is 8.68. The van der Waals surface area contributed by atoms with Crippen LogP contribution in [0.4, 0.5) is 22.7 Å². The molecule has 1 heterocycles. The molecule has 2 aromatic carbocycles. The molecule has 9 heteroatoms. The highest BCUT2D eigenvalue weighted by atomic mass is 16.6. The fourth-order valence-corrected chi connectivity index (χ4v) is 3.92. The Bertz CT molecular complexity index is 1050. The first-order valence-electron chi connectivity index (χ1n) is 9.61. The number of aryl methyl sites for hydroxylation is 1. The second-order valence-corrected chi connectivity index (χ2v) is 8.33. The fraction of sp³-hybridized carbons (Fsp3) is 0.381. The van der Waals surface area contributed by atoms with E-state index in [1.54, 1.807) is 6.21 Å². The van der Waals surface area contributed by atoms with E-state index in [4.69, 9.17) is 0 Å². The summed E-state index contributed by atoms with van der Waals surface area (Å²) in [6.07, 6.45) is 2.65. The lowest BCUT2D eigenvalue weighted by atomic mass is 9.79. The quantitative estimate of drug-likeness (QED) is 0.422. The molecule has 3 rings (SSSR count). The van der Waals surface area contributed by atoms with Gasteiger partial charge in [-0.25, -0.2) is 0 Å². The molecule has 2 aromatic rings.